The number of hydrogen-bond donors (Lipinski definition) is 1. The zero-order valence-corrected chi connectivity index (χ0v) is 11.0. The van der Waals surface area contributed by atoms with E-state index in [4.69, 9.17) is 17.3 Å². The van der Waals surface area contributed by atoms with Gasteiger partial charge in [-0.05, 0) is 55.7 Å². The molecule has 0 radical (unpaired) electrons. The van der Waals surface area contributed by atoms with Gasteiger partial charge >= 0.3 is 0 Å². The summed E-state index contributed by atoms with van der Waals surface area (Å²) in [5.41, 5.74) is 11.8. The summed E-state index contributed by atoms with van der Waals surface area (Å²) < 4.78 is 0. The first-order valence-electron chi connectivity index (χ1n) is 5.49. The Morgan fingerprint density at radius 2 is 1.71 bits per heavy atom. The predicted molar refractivity (Wildman–Crippen MR) is 73.3 cm³/mol. The summed E-state index contributed by atoms with van der Waals surface area (Å²) in [5, 5.41) is 0.693. The summed E-state index contributed by atoms with van der Waals surface area (Å²) >= 11 is 6.26. The molecule has 0 atom stereocenters. The summed E-state index contributed by atoms with van der Waals surface area (Å²) in [7, 11) is 0. The van der Waals surface area contributed by atoms with Gasteiger partial charge in [-0.25, -0.2) is 0 Å². The van der Waals surface area contributed by atoms with E-state index in [1.807, 2.05) is 32.0 Å². The molecule has 0 aliphatic rings. The van der Waals surface area contributed by atoms with Crippen LogP contribution in [0, 0.1) is 20.8 Å². The van der Waals surface area contributed by atoms with Crippen LogP contribution >= 0.6 is 11.6 Å². The van der Waals surface area contributed by atoms with Crippen molar-refractivity contribution in [3.8, 4) is 11.3 Å². The minimum absolute atomic E-state index is 0.692. The fourth-order valence-corrected chi connectivity index (χ4v) is 2.05. The Balaban J connectivity index is 2.69. The van der Waals surface area contributed by atoms with Crippen LogP contribution in [-0.2, 0) is 0 Å². The molecule has 3 heteroatoms. The van der Waals surface area contributed by atoms with Crippen molar-refractivity contribution in [1.82, 2.24) is 4.98 Å². The molecule has 2 rings (SSSR count). The van der Waals surface area contributed by atoms with Crippen LogP contribution in [0.25, 0.3) is 11.3 Å². The summed E-state index contributed by atoms with van der Waals surface area (Å²) in [6.45, 7) is 6.06. The molecule has 0 amide bonds. The second-order valence-electron chi connectivity index (χ2n) is 4.31. The molecule has 0 saturated heterocycles. The molecule has 0 saturated carbocycles. The van der Waals surface area contributed by atoms with Crippen molar-refractivity contribution in [3.63, 3.8) is 0 Å². The van der Waals surface area contributed by atoms with Crippen LogP contribution in [0.3, 0.4) is 0 Å². The van der Waals surface area contributed by atoms with Gasteiger partial charge in [0.15, 0.2) is 0 Å². The molecule has 0 aliphatic heterocycles. The third-order valence-corrected chi connectivity index (χ3v) is 3.36. The van der Waals surface area contributed by atoms with Gasteiger partial charge in [-0.3, -0.25) is 4.98 Å². The van der Waals surface area contributed by atoms with E-state index in [0.717, 1.165) is 16.8 Å². The van der Waals surface area contributed by atoms with Gasteiger partial charge < -0.3 is 5.73 Å². The van der Waals surface area contributed by atoms with Crippen molar-refractivity contribution in [2.45, 2.75) is 20.8 Å². The molecular weight excluding hydrogens is 232 g/mol. The highest BCUT2D eigenvalue weighted by Gasteiger charge is 2.11. The van der Waals surface area contributed by atoms with Crippen LogP contribution in [0.4, 0.5) is 5.69 Å². The lowest BCUT2D eigenvalue weighted by Gasteiger charge is -2.11. The number of hydrogen-bond acceptors (Lipinski definition) is 2. The van der Waals surface area contributed by atoms with Crippen molar-refractivity contribution in [2.75, 3.05) is 5.73 Å². The van der Waals surface area contributed by atoms with E-state index in [1.54, 1.807) is 6.20 Å². The summed E-state index contributed by atoms with van der Waals surface area (Å²) in [6.07, 6.45) is 1.76. The van der Waals surface area contributed by atoms with Crippen LogP contribution in [0.2, 0.25) is 5.02 Å². The minimum atomic E-state index is 0.692. The molecule has 0 bridgehead atoms. The number of nitrogens with zero attached hydrogens (tertiary/aromatic N) is 1. The van der Waals surface area contributed by atoms with E-state index in [2.05, 4.69) is 11.9 Å². The first-order chi connectivity index (χ1) is 8.00. The van der Waals surface area contributed by atoms with Gasteiger partial charge in [0.25, 0.3) is 0 Å². The van der Waals surface area contributed by atoms with Gasteiger partial charge in [-0.15, -0.1) is 0 Å². The molecule has 17 heavy (non-hydrogen) atoms. The van der Waals surface area contributed by atoms with Crippen LogP contribution in [0.5, 0.6) is 0 Å². The van der Waals surface area contributed by atoms with E-state index < -0.39 is 0 Å². The molecular formula is C14H15ClN2. The maximum absolute atomic E-state index is 6.26. The smallest absolute Gasteiger partial charge is 0.0948 e. The molecule has 2 nitrogen and oxygen atoms in total. The van der Waals surface area contributed by atoms with Crippen LogP contribution in [0.1, 0.15) is 16.7 Å². The second-order valence-corrected chi connectivity index (χ2v) is 4.71. The largest absolute Gasteiger partial charge is 0.397 e. The normalized spacial score (nSPS) is 10.6. The number of nitrogen functional groups attached to an aromatic ring is 1. The molecule has 2 N–H and O–H groups in total. The average molecular weight is 247 g/mol. The molecule has 1 heterocycles. The zero-order valence-electron chi connectivity index (χ0n) is 10.2. The first kappa shape index (κ1) is 11.9. The van der Waals surface area contributed by atoms with E-state index in [-0.39, 0.29) is 0 Å². The Hall–Kier alpha value is -1.54. The van der Waals surface area contributed by atoms with Crippen molar-refractivity contribution in [2.24, 2.45) is 0 Å². The Bertz CT molecular complexity index is 577. The highest BCUT2D eigenvalue weighted by molar-refractivity contribution is 6.33. The maximum atomic E-state index is 6.26. The monoisotopic (exact) mass is 246 g/mol. The number of aryl methyl sites for hydroxylation is 3. The fraction of sp³-hybridized carbons (Fsp3) is 0.214. The summed E-state index contributed by atoms with van der Waals surface area (Å²) in [6, 6.07) is 5.89. The molecule has 0 unspecified atom stereocenters. The lowest BCUT2D eigenvalue weighted by atomic mass is 10.0. The van der Waals surface area contributed by atoms with Crippen LogP contribution < -0.4 is 5.73 Å². The fourth-order valence-electron chi connectivity index (χ4n) is 1.75. The Kier molecular flexibility index (Phi) is 3.07. The van der Waals surface area contributed by atoms with E-state index in [0.29, 0.717) is 10.7 Å². The van der Waals surface area contributed by atoms with Crippen LogP contribution in [-0.4, -0.2) is 4.98 Å². The number of aromatic nitrogens is 1. The van der Waals surface area contributed by atoms with Gasteiger partial charge in [-0.1, -0.05) is 11.6 Å². The SMILES string of the molecule is Cc1cc(Cl)c(-c2nccc(C)c2N)cc1C. The molecule has 0 fully saturated rings. The molecule has 2 aromatic rings. The van der Waals surface area contributed by atoms with Crippen molar-refractivity contribution in [1.29, 1.82) is 0 Å². The standard InChI is InChI=1S/C14H15ClN2/c1-8-4-5-17-14(13(8)16)11-6-9(2)10(3)7-12(11)15/h4-7H,16H2,1-3H3. The van der Waals surface area contributed by atoms with Crippen LogP contribution in [0.15, 0.2) is 24.4 Å². The van der Waals surface area contributed by atoms with Crippen molar-refractivity contribution in [3.05, 3.63) is 46.1 Å². The minimum Gasteiger partial charge on any atom is -0.397 e. The van der Waals surface area contributed by atoms with Gasteiger partial charge in [0.1, 0.15) is 0 Å². The number of nitrogens with two attached hydrogens (primary N) is 1. The van der Waals surface area contributed by atoms with Gasteiger partial charge in [0, 0.05) is 11.8 Å². The lowest BCUT2D eigenvalue weighted by Crippen LogP contribution is -1.97. The van der Waals surface area contributed by atoms with Gasteiger partial charge in [0.05, 0.1) is 16.4 Å². The van der Waals surface area contributed by atoms with Crippen molar-refractivity contribution >= 4 is 17.3 Å². The Morgan fingerprint density at radius 1 is 1.06 bits per heavy atom. The van der Waals surface area contributed by atoms with Gasteiger partial charge in [-0.2, -0.15) is 0 Å². The summed E-state index contributed by atoms with van der Waals surface area (Å²) in [4.78, 5) is 4.33. The number of pyridine rings is 1. The average Bonchev–Trinajstić information content (AvgIpc) is 2.28. The number of halogens is 1. The molecule has 0 aliphatic carbocycles. The predicted octanol–water partition coefficient (Wildman–Crippen LogP) is 3.91. The highest BCUT2D eigenvalue weighted by Crippen LogP contribution is 2.33. The second kappa shape index (κ2) is 4.38. The number of anilines is 1. The Labute approximate surface area is 106 Å². The lowest BCUT2D eigenvalue weighted by molar-refractivity contribution is 1.27. The quantitative estimate of drug-likeness (QED) is 0.829. The topological polar surface area (TPSA) is 38.9 Å². The third-order valence-electron chi connectivity index (χ3n) is 3.05. The zero-order chi connectivity index (χ0) is 12.6. The van der Waals surface area contributed by atoms with E-state index in [9.17, 15) is 0 Å². The first-order valence-corrected chi connectivity index (χ1v) is 5.86. The summed E-state index contributed by atoms with van der Waals surface area (Å²) in [5.74, 6) is 0. The molecule has 1 aromatic heterocycles. The Morgan fingerprint density at radius 3 is 2.41 bits per heavy atom. The van der Waals surface area contributed by atoms with E-state index in [1.165, 1.54) is 11.1 Å². The number of rotatable bonds is 1. The molecule has 0 spiro atoms. The van der Waals surface area contributed by atoms with E-state index >= 15 is 0 Å². The molecule has 1 aromatic carbocycles. The van der Waals surface area contributed by atoms with Gasteiger partial charge in [0.2, 0.25) is 0 Å². The highest BCUT2D eigenvalue weighted by atomic mass is 35.5. The third kappa shape index (κ3) is 2.13. The molecule has 88 valence electrons. The number of benzene rings is 1. The maximum Gasteiger partial charge on any atom is 0.0948 e. The van der Waals surface area contributed by atoms with Crippen molar-refractivity contribution < 1.29 is 0 Å².